The van der Waals surface area contributed by atoms with Gasteiger partial charge >= 0.3 is 0 Å². The van der Waals surface area contributed by atoms with E-state index in [-0.39, 0.29) is 12.1 Å². The molecule has 3 aromatic heterocycles. The summed E-state index contributed by atoms with van der Waals surface area (Å²) >= 11 is 5.74. The molecule has 138 valence electrons. The molecule has 4 heterocycles. The van der Waals surface area contributed by atoms with Crippen molar-refractivity contribution in [2.24, 2.45) is 0 Å². The van der Waals surface area contributed by atoms with Crippen LogP contribution in [-0.2, 0) is 6.54 Å². The van der Waals surface area contributed by atoms with Gasteiger partial charge in [0, 0.05) is 43.1 Å². The van der Waals surface area contributed by atoms with Crippen molar-refractivity contribution in [1.29, 1.82) is 0 Å². The van der Waals surface area contributed by atoms with Gasteiger partial charge in [-0.15, -0.1) is 0 Å². The molecule has 0 spiro atoms. The molecule has 0 amide bonds. The van der Waals surface area contributed by atoms with Crippen molar-refractivity contribution in [2.45, 2.75) is 38.5 Å². The van der Waals surface area contributed by atoms with Crippen LogP contribution in [0, 0.1) is 0 Å². The van der Waals surface area contributed by atoms with Gasteiger partial charge in [-0.3, -0.25) is 9.97 Å². The lowest BCUT2D eigenvalue weighted by Crippen LogP contribution is -2.30. The van der Waals surface area contributed by atoms with Crippen LogP contribution in [0.25, 0.3) is 0 Å². The Labute approximate surface area is 165 Å². The summed E-state index contributed by atoms with van der Waals surface area (Å²) in [6.07, 6.45) is 7.62. The molecule has 5 nitrogen and oxygen atoms in total. The van der Waals surface area contributed by atoms with Gasteiger partial charge in [0.15, 0.2) is 5.11 Å². The highest BCUT2D eigenvalue weighted by Gasteiger charge is 2.41. The lowest BCUT2D eigenvalue weighted by molar-refractivity contribution is 0.293. The van der Waals surface area contributed by atoms with Crippen molar-refractivity contribution in [1.82, 2.24) is 24.8 Å². The molecule has 1 N–H and O–H groups in total. The van der Waals surface area contributed by atoms with E-state index in [1.807, 2.05) is 42.9 Å². The van der Waals surface area contributed by atoms with Gasteiger partial charge in [-0.25, -0.2) is 0 Å². The van der Waals surface area contributed by atoms with Crippen molar-refractivity contribution < 1.29 is 0 Å². The topological polar surface area (TPSA) is 46.0 Å². The van der Waals surface area contributed by atoms with E-state index in [0.29, 0.717) is 6.04 Å². The molecule has 4 rings (SSSR count). The van der Waals surface area contributed by atoms with E-state index in [4.69, 9.17) is 12.2 Å². The second-order valence-corrected chi connectivity index (χ2v) is 7.43. The van der Waals surface area contributed by atoms with Gasteiger partial charge in [0.05, 0.1) is 17.8 Å². The smallest absolute Gasteiger partial charge is 0.170 e. The summed E-state index contributed by atoms with van der Waals surface area (Å²) in [7, 11) is 0. The molecule has 0 saturated carbocycles. The van der Waals surface area contributed by atoms with E-state index in [0.717, 1.165) is 17.4 Å². The van der Waals surface area contributed by atoms with Gasteiger partial charge < -0.3 is 14.8 Å². The highest BCUT2D eigenvalue weighted by atomic mass is 32.1. The van der Waals surface area contributed by atoms with Crippen LogP contribution in [0.15, 0.2) is 67.3 Å². The highest BCUT2D eigenvalue weighted by molar-refractivity contribution is 7.80. The number of nitrogens with zero attached hydrogens (tertiary/aromatic N) is 4. The van der Waals surface area contributed by atoms with Gasteiger partial charge in [0.25, 0.3) is 0 Å². The summed E-state index contributed by atoms with van der Waals surface area (Å²) in [6.45, 7) is 5.13. The predicted octanol–water partition coefficient (Wildman–Crippen LogP) is 4.03. The third-order valence-electron chi connectivity index (χ3n) is 4.97. The fraction of sp³-hybridized carbons (Fsp3) is 0.286. The number of hydrogen-bond donors (Lipinski definition) is 1. The molecule has 2 atom stereocenters. The lowest BCUT2D eigenvalue weighted by Gasteiger charge is -2.29. The summed E-state index contributed by atoms with van der Waals surface area (Å²) < 4.78 is 2.32. The zero-order chi connectivity index (χ0) is 18.8. The molecule has 27 heavy (non-hydrogen) atoms. The Morgan fingerprint density at radius 3 is 2.59 bits per heavy atom. The zero-order valence-corrected chi connectivity index (χ0v) is 16.3. The van der Waals surface area contributed by atoms with Gasteiger partial charge in [-0.2, -0.15) is 0 Å². The van der Waals surface area contributed by atoms with Crippen LogP contribution in [0.1, 0.15) is 48.9 Å². The van der Waals surface area contributed by atoms with E-state index in [9.17, 15) is 0 Å². The lowest BCUT2D eigenvalue weighted by atomic mass is 10.0. The Morgan fingerprint density at radius 1 is 1.07 bits per heavy atom. The number of aromatic nitrogens is 3. The van der Waals surface area contributed by atoms with Crippen LogP contribution in [0.4, 0.5) is 0 Å². The molecular weight excluding hydrogens is 354 g/mol. The molecular formula is C21H23N5S. The van der Waals surface area contributed by atoms with Crippen LogP contribution in [0.5, 0.6) is 0 Å². The van der Waals surface area contributed by atoms with Crippen LogP contribution >= 0.6 is 12.2 Å². The van der Waals surface area contributed by atoms with Crippen molar-refractivity contribution in [3.05, 3.63) is 84.2 Å². The van der Waals surface area contributed by atoms with Crippen LogP contribution < -0.4 is 5.32 Å². The summed E-state index contributed by atoms with van der Waals surface area (Å²) in [5.74, 6) is 0. The standard InChI is InChI=1S/C21H23N5S/c1-15(2)25-13-5-7-18(25)20-19(17-6-3-4-10-23-17)24-21(27)26(20)14-16-8-11-22-12-9-16/h3-13,15,19-20H,14H2,1-2H3,(H,24,27). The maximum atomic E-state index is 5.74. The fourth-order valence-corrected chi connectivity index (χ4v) is 4.02. The highest BCUT2D eigenvalue weighted by Crippen LogP contribution is 2.40. The van der Waals surface area contributed by atoms with Gasteiger partial charge in [0.2, 0.25) is 0 Å². The maximum absolute atomic E-state index is 5.74. The summed E-state index contributed by atoms with van der Waals surface area (Å²) in [6, 6.07) is 14.8. The molecule has 2 unspecified atom stereocenters. The number of thiocarbonyl (C=S) groups is 1. The quantitative estimate of drug-likeness (QED) is 0.680. The maximum Gasteiger partial charge on any atom is 0.170 e. The summed E-state index contributed by atoms with van der Waals surface area (Å²) in [4.78, 5) is 11.0. The number of nitrogens with one attached hydrogen (secondary N) is 1. The average molecular weight is 378 g/mol. The summed E-state index contributed by atoms with van der Waals surface area (Å²) in [5, 5.41) is 4.26. The number of rotatable bonds is 5. The molecule has 1 fully saturated rings. The summed E-state index contributed by atoms with van der Waals surface area (Å²) in [5.41, 5.74) is 3.42. The average Bonchev–Trinajstić information content (AvgIpc) is 3.28. The molecule has 1 aliphatic rings. The molecule has 6 heteroatoms. The third kappa shape index (κ3) is 3.45. The minimum atomic E-state index is 0.00735. The third-order valence-corrected chi connectivity index (χ3v) is 5.32. The molecule has 0 radical (unpaired) electrons. The van der Waals surface area contributed by atoms with Gasteiger partial charge in [0.1, 0.15) is 0 Å². The molecule has 0 bridgehead atoms. The Bertz CT molecular complexity index is 907. The normalized spacial score (nSPS) is 19.5. The van der Waals surface area contributed by atoms with Crippen LogP contribution in [0.3, 0.4) is 0 Å². The minimum Gasteiger partial charge on any atom is -0.352 e. The Hall–Kier alpha value is -2.73. The first-order valence-corrected chi connectivity index (χ1v) is 9.59. The van der Waals surface area contributed by atoms with Crippen LogP contribution in [-0.4, -0.2) is 24.5 Å². The van der Waals surface area contributed by atoms with Gasteiger partial charge in [-0.05, 0) is 68.0 Å². The Kier molecular flexibility index (Phi) is 4.90. The Morgan fingerprint density at radius 2 is 1.89 bits per heavy atom. The van der Waals surface area contributed by atoms with Crippen molar-refractivity contribution in [2.75, 3.05) is 0 Å². The van der Waals surface area contributed by atoms with E-state index in [2.05, 4.69) is 63.0 Å². The predicted molar refractivity (Wildman–Crippen MR) is 110 cm³/mol. The first-order chi connectivity index (χ1) is 13.1. The van der Waals surface area contributed by atoms with E-state index in [1.54, 1.807) is 0 Å². The zero-order valence-electron chi connectivity index (χ0n) is 15.5. The second kappa shape index (κ2) is 7.48. The molecule has 0 aromatic carbocycles. The molecule has 0 aliphatic carbocycles. The fourth-order valence-electron chi connectivity index (χ4n) is 3.71. The SMILES string of the molecule is CC(C)n1cccc1C1C(c2ccccn2)NC(=S)N1Cc1ccncc1. The molecule has 3 aromatic rings. The largest absolute Gasteiger partial charge is 0.352 e. The first-order valence-electron chi connectivity index (χ1n) is 9.19. The van der Waals surface area contributed by atoms with E-state index >= 15 is 0 Å². The van der Waals surface area contributed by atoms with Crippen molar-refractivity contribution >= 4 is 17.3 Å². The number of hydrogen-bond acceptors (Lipinski definition) is 3. The van der Waals surface area contributed by atoms with E-state index < -0.39 is 0 Å². The molecule has 1 saturated heterocycles. The second-order valence-electron chi connectivity index (χ2n) is 7.04. The minimum absolute atomic E-state index is 0.00735. The van der Waals surface area contributed by atoms with Crippen molar-refractivity contribution in [3.63, 3.8) is 0 Å². The Balaban J connectivity index is 1.77. The first kappa shape index (κ1) is 17.7. The monoisotopic (exact) mass is 377 g/mol. The van der Waals surface area contributed by atoms with E-state index in [1.165, 1.54) is 11.3 Å². The number of pyridine rings is 2. The van der Waals surface area contributed by atoms with Crippen LogP contribution in [0.2, 0.25) is 0 Å². The molecule has 1 aliphatic heterocycles. The van der Waals surface area contributed by atoms with Crippen molar-refractivity contribution in [3.8, 4) is 0 Å². The van der Waals surface area contributed by atoms with Gasteiger partial charge in [-0.1, -0.05) is 6.07 Å².